The lowest BCUT2D eigenvalue weighted by atomic mass is 9.90. The van der Waals surface area contributed by atoms with Crippen LogP contribution in [0.15, 0.2) is 12.4 Å². The molecule has 9 heteroatoms. The predicted octanol–water partition coefficient (Wildman–Crippen LogP) is 0.235. The van der Waals surface area contributed by atoms with E-state index in [1.54, 1.807) is 23.6 Å². The molecule has 0 aliphatic carbocycles. The van der Waals surface area contributed by atoms with Gasteiger partial charge in [0.05, 0.1) is 18.0 Å². The fourth-order valence-corrected chi connectivity index (χ4v) is 4.66. The number of imidazole rings is 1. The minimum absolute atomic E-state index is 0.0600. The van der Waals surface area contributed by atoms with Crippen LogP contribution >= 0.6 is 0 Å². The Morgan fingerprint density at radius 1 is 1.32 bits per heavy atom. The number of rotatable bonds is 4. The molecular formula is C16H26N4O4S. The molecule has 0 atom stereocenters. The molecule has 1 amide bonds. The van der Waals surface area contributed by atoms with Gasteiger partial charge in [0.2, 0.25) is 15.9 Å². The molecule has 0 aromatic carbocycles. The van der Waals surface area contributed by atoms with Crippen LogP contribution in [-0.4, -0.2) is 77.2 Å². The summed E-state index contributed by atoms with van der Waals surface area (Å²) in [6.45, 7) is 6.23. The van der Waals surface area contributed by atoms with E-state index < -0.39 is 15.6 Å². The van der Waals surface area contributed by atoms with E-state index in [0.29, 0.717) is 45.6 Å². The normalized spacial score (nSPS) is 21.6. The number of ether oxygens (including phenoxy) is 1. The lowest BCUT2D eigenvalue weighted by Crippen LogP contribution is -2.58. The third-order valence-electron chi connectivity index (χ3n) is 5.23. The summed E-state index contributed by atoms with van der Waals surface area (Å²) in [6, 6.07) is 0. The minimum atomic E-state index is -3.20. The second-order valence-electron chi connectivity index (χ2n) is 6.75. The van der Waals surface area contributed by atoms with Gasteiger partial charge < -0.3 is 14.2 Å². The first kappa shape index (κ1) is 18.3. The number of aromatic nitrogens is 2. The number of carbonyl (C=O) groups is 1. The van der Waals surface area contributed by atoms with Gasteiger partial charge in [-0.15, -0.1) is 0 Å². The van der Waals surface area contributed by atoms with Crippen molar-refractivity contribution in [2.75, 3.05) is 38.5 Å². The van der Waals surface area contributed by atoms with E-state index in [9.17, 15) is 13.2 Å². The Kier molecular flexibility index (Phi) is 5.17. The largest absolute Gasteiger partial charge is 0.372 e. The van der Waals surface area contributed by atoms with Crippen LogP contribution in [0.2, 0.25) is 0 Å². The third kappa shape index (κ3) is 3.88. The number of amides is 1. The van der Waals surface area contributed by atoms with Crippen molar-refractivity contribution in [2.24, 2.45) is 0 Å². The van der Waals surface area contributed by atoms with E-state index in [1.807, 2.05) is 16.4 Å². The Bertz CT molecular complexity index is 722. The van der Waals surface area contributed by atoms with Crippen molar-refractivity contribution in [1.82, 2.24) is 18.8 Å². The van der Waals surface area contributed by atoms with Crippen molar-refractivity contribution in [2.45, 2.75) is 38.8 Å². The van der Waals surface area contributed by atoms with Gasteiger partial charge in [0.25, 0.3) is 0 Å². The molecular weight excluding hydrogens is 344 g/mol. The standard InChI is InChI=1S/C16H26N4O4S/c1-3-25(22,23)20-10-11-24-16(13-20)4-7-18(8-5-16)15(21)12-19-9-6-17-14(19)2/h6,9H,3-5,7-8,10-13H2,1-2H3. The van der Waals surface area contributed by atoms with E-state index in [4.69, 9.17) is 4.74 Å². The minimum Gasteiger partial charge on any atom is -0.372 e. The highest BCUT2D eigenvalue weighted by Crippen LogP contribution is 2.31. The van der Waals surface area contributed by atoms with E-state index >= 15 is 0 Å². The zero-order valence-corrected chi connectivity index (χ0v) is 15.7. The quantitative estimate of drug-likeness (QED) is 0.758. The van der Waals surface area contributed by atoms with Crippen molar-refractivity contribution < 1.29 is 17.9 Å². The van der Waals surface area contributed by atoms with Crippen LogP contribution in [0.3, 0.4) is 0 Å². The number of piperidine rings is 1. The van der Waals surface area contributed by atoms with Gasteiger partial charge in [-0.05, 0) is 26.7 Å². The molecule has 1 spiro atoms. The Hall–Kier alpha value is -1.45. The van der Waals surface area contributed by atoms with Gasteiger partial charge >= 0.3 is 0 Å². The highest BCUT2D eigenvalue weighted by molar-refractivity contribution is 7.89. The smallest absolute Gasteiger partial charge is 0.242 e. The fraction of sp³-hybridized carbons (Fsp3) is 0.750. The second kappa shape index (κ2) is 7.05. The summed E-state index contributed by atoms with van der Waals surface area (Å²) in [5.41, 5.74) is -0.456. The summed E-state index contributed by atoms with van der Waals surface area (Å²) < 4.78 is 33.7. The zero-order valence-electron chi connectivity index (χ0n) is 14.8. The molecule has 8 nitrogen and oxygen atoms in total. The highest BCUT2D eigenvalue weighted by atomic mass is 32.2. The predicted molar refractivity (Wildman–Crippen MR) is 92.5 cm³/mol. The molecule has 2 aliphatic heterocycles. The molecule has 0 radical (unpaired) electrons. The maximum absolute atomic E-state index is 12.5. The van der Waals surface area contributed by atoms with Gasteiger partial charge in [0.15, 0.2) is 0 Å². The lowest BCUT2D eigenvalue weighted by Gasteiger charge is -2.46. The van der Waals surface area contributed by atoms with Crippen LogP contribution in [0.25, 0.3) is 0 Å². The molecule has 25 heavy (non-hydrogen) atoms. The maximum Gasteiger partial charge on any atom is 0.242 e. The first-order valence-corrected chi connectivity index (χ1v) is 10.3. The molecule has 1 aromatic rings. The van der Waals surface area contributed by atoms with E-state index in [-0.39, 0.29) is 18.2 Å². The van der Waals surface area contributed by atoms with Crippen molar-refractivity contribution in [3.8, 4) is 0 Å². The number of aryl methyl sites for hydroxylation is 1. The van der Waals surface area contributed by atoms with Gasteiger partial charge in [-0.2, -0.15) is 4.31 Å². The second-order valence-corrected chi connectivity index (χ2v) is 9.01. The molecule has 0 N–H and O–H groups in total. The van der Waals surface area contributed by atoms with Crippen LogP contribution in [0, 0.1) is 6.92 Å². The molecule has 2 saturated heterocycles. The Morgan fingerprint density at radius 2 is 2.04 bits per heavy atom. The topological polar surface area (TPSA) is 84.7 Å². The third-order valence-corrected chi connectivity index (χ3v) is 7.06. The van der Waals surface area contributed by atoms with E-state index in [2.05, 4.69) is 4.98 Å². The van der Waals surface area contributed by atoms with Crippen LogP contribution in [0.4, 0.5) is 0 Å². The SMILES string of the molecule is CCS(=O)(=O)N1CCOC2(CCN(C(=O)Cn3ccnc3C)CC2)C1. The van der Waals surface area contributed by atoms with E-state index in [0.717, 1.165) is 5.82 Å². The van der Waals surface area contributed by atoms with Gasteiger partial charge in [-0.3, -0.25) is 4.79 Å². The average Bonchev–Trinajstić information content (AvgIpc) is 3.00. The monoisotopic (exact) mass is 370 g/mol. The number of likely N-dealkylation sites (tertiary alicyclic amines) is 1. The van der Waals surface area contributed by atoms with Crippen LogP contribution in [0.5, 0.6) is 0 Å². The molecule has 140 valence electrons. The van der Waals surface area contributed by atoms with Gasteiger partial charge in [0.1, 0.15) is 12.4 Å². The summed E-state index contributed by atoms with van der Waals surface area (Å²) in [6.07, 6.45) is 4.82. The molecule has 1 aromatic heterocycles. The number of morpholine rings is 1. The van der Waals surface area contributed by atoms with Gasteiger partial charge in [-0.25, -0.2) is 13.4 Å². The molecule has 0 bridgehead atoms. The van der Waals surface area contributed by atoms with Gasteiger partial charge in [0, 0.05) is 38.6 Å². The lowest BCUT2D eigenvalue weighted by molar-refractivity contribution is -0.145. The average molecular weight is 370 g/mol. The summed E-state index contributed by atoms with van der Waals surface area (Å²) in [5.74, 6) is 0.987. The van der Waals surface area contributed by atoms with Crippen molar-refractivity contribution in [3.05, 3.63) is 18.2 Å². The molecule has 2 aliphatic rings. The van der Waals surface area contributed by atoms with Crippen molar-refractivity contribution in [1.29, 1.82) is 0 Å². The summed E-state index contributed by atoms with van der Waals surface area (Å²) in [5, 5.41) is 0. The summed E-state index contributed by atoms with van der Waals surface area (Å²) >= 11 is 0. The zero-order chi connectivity index (χ0) is 18.1. The Balaban J connectivity index is 1.59. The molecule has 0 saturated carbocycles. The first-order chi connectivity index (χ1) is 11.9. The van der Waals surface area contributed by atoms with Crippen molar-refractivity contribution >= 4 is 15.9 Å². The van der Waals surface area contributed by atoms with E-state index in [1.165, 1.54) is 0 Å². The van der Waals surface area contributed by atoms with Crippen LogP contribution in [-0.2, 0) is 26.1 Å². The summed E-state index contributed by atoms with van der Waals surface area (Å²) in [4.78, 5) is 18.5. The molecule has 0 unspecified atom stereocenters. The molecule has 2 fully saturated rings. The number of hydrogen-bond acceptors (Lipinski definition) is 5. The van der Waals surface area contributed by atoms with Crippen molar-refractivity contribution in [3.63, 3.8) is 0 Å². The Morgan fingerprint density at radius 3 is 2.64 bits per heavy atom. The molecule has 3 heterocycles. The number of hydrogen-bond donors (Lipinski definition) is 0. The Labute approximate surface area is 148 Å². The van der Waals surface area contributed by atoms with Crippen LogP contribution in [0.1, 0.15) is 25.6 Å². The number of sulfonamides is 1. The molecule has 3 rings (SSSR count). The first-order valence-electron chi connectivity index (χ1n) is 8.72. The number of carbonyl (C=O) groups excluding carboxylic acids is 1. The fourth-order valence-electron chi connectivity index (χ4n) is 3.51. The highest BCUT2D eigenvalue weighted by Gasteiger charge is 2.43. The van der Waals surface area contributed by atoms with Crippen LogP contribution < -0.4 is 0 Å². The van der Waals surface area contributed by atoms with Gasteiger partial charge in [-0.1, -0.05) is 0 Å². The number of nitrogens with zero attached hydrogens (tertiary/aromatic N) is 4. The summed E-state index contributed by atoms with van der Waals surface area (Å²) in [7, 11) is -3.20. The maximum atomic E-state index is 12.5.